The second-order valence-corrected chi connectivity index (χ2v) is 6.64. The maximum absolute atomic E-state index is 10.4. The summed E-state index contributed by atoms with van der Waals surface area (Å²) in [4.78, 5) is 0. The molecule has 1 nitrogen and oxygen atoms in total. The molecule has 106 valence electrons. The average Bonchev–Trinajstić information content (AvgIpc) is 2.45. The zero-order chi connectivity index (χ0) is 15.0. The van der Waals surface area contributed by atoms with Crippen LogP contribution in [0, 0.1) is 0 Å². The predicted molar refractivity (Wildman–Crippen MR) is 92.3 cm³/mol. The van der Waals surface area contributed by atoms with Gasteiger partial charge in [0.1, 0.15) is 0 Å². The summed E-state index contributed by atoms with van der Waals surface area (Å²) in [6.07, 6.45) is 0. The number of hydrogen-bond donors (Lipinski definition) is 1. The molecule has 0 aliphatic carbocycles. The Morgan fingerprint density at radius 3 is 2.05 bits per heavy atom. The van der Waals surface area contributed by atoms with Crippen LogP contribution in [-0.4, -0.2) is 5.11 Å². The van der Waals surface area contributed by atoms with Crippen molar-refractivity contribution in [3.63, 3.8) is 0 Å². The van der Waals surface area contributed by atoms with Gasteiger partial charge < -0.3 is 5.11 Å². The zero-order valence-corrected chi connectivity index (χ0v) is 13.7. The summed E-state index contributed by atoms with van der Waals surface area (Å²) in [6, 6.07) is 20.6. The molecule has 0 radical (unpaired) electrons. The molecule has 0 fully saturated rings. The number of benzene rings is 3. The lowest BCUT2D eigenvalue weighted by Gasteiger charge is -2.22. The van der Waals surface area contributed by atoms with E-state index >= 15 is 0 Å². The van der Waals surface area contributed by atoms with E-state index in [1.807, 2.05) is 44.2 Å². The van der Waals surface area contributed by atoms with Gasteiger partial charge in [0, 0.05) is 4.47 Å². The largest absolute Gasteiger partial charge is 0.386 e. The molecule has 1 N–H and O–H groups in total. The average molecular weight is 341 g/mol. The normalized spacial score (nSPS) is 11.8. The molecule has 0 atom stereocenters. The van der Waals surface area contributed by atoms with Crippen LogP contribution in [0.3, 0.4) is 0 Å². The maximum atomic E-state index is 10.4. The van der Waals surface area contributed by atoms with Crippen LogP contribution in [0.4, 0.5) is 0 Å². The Kier molecular flexibility index (Phi) is 3.60. The Hall–Kier alpha value is -1.64. The van der Waals surface area contributed by atoms with Crippen molar-refractivity contribution < 1.29 is 5.11 Å². The van der Waals surface area contributed by atoms with E-state index in [-0.39, 0.29) is 0 Å². The highest BCUT2D eigenvalue weighted by Crippen LogP contribution is 2.37. The van der Waals surface area contributed by atoms with E-state index in [2.05, 4.69) is 46.3 Å². The summed E-state index contributed by atoms with van der Waals surface area (Å²) < 4.78 is 1.04. The van der Waals surface area contributed by atoms with Crippen LogP contribution >= 0.6 is 15.9 Å². The first-order valence-electron chi connectivity index (χ1n) is 6.97. The number of halogens is 1. The Balaban J connectivity index is 2.28. The second kappa shape index (κ2) is 5.28. The van der Waals surface area contributed by atoms with E-state index in [1.165, 1.54) is 10.8 Å². The molecule has 0 saturated heterocycles. The minimum atomic E-state index is -0.873. The fraction of sp³-hybridized carbons (Fsp3) is 0.158. The predicted octanol–water partition coefficient (Wildman–Crippen LogP) is 5.50. The van der Waals surface area contributed by atoms with Crippen molar-refractivity contribution in [2.24, 2.45) is 0 Å². The lowest BCUT2D eigenvalue weighted by Crippen LogP contribution is -2.16. The van der Waals surface area contributed by atoms with Crippen LogP contribution < -0.4 is 0 Å². The first kappa shape index (κ1) is 14.3. The number of aliphatic hydroxyl groups is 1. The third-order valence-electron chi connectivity index (χ3n) is 3.71. The highest BCUT2D eigenvalue weighted by Gasteiger charge is 2.21. The third kappa shape index (κ3) is 2.74. The SMILES string of the molecule is CC(C)(O)c1ccccc1-c1cc2ccccc2cc1Br. The van der Waals surface area contributed by atoms with Crippen LogP contribution in [0.1, 0.15) is 19.4 Å². The molecule has 0 amide bonds. The van der Waals surface area contributed by atoms with Gasteiger partial charge in [-0.15, -0.1) is 0 Å². The Labute approximate surface area is 133 Å². The highest BCUT2D eigenvalue weighted by atomic mass is 79.9. The molecule has 0 aromatic heterocycles. The molecule has 21 heavy (non-hydrogen) atoms. The minimum Gasteiger partial charge on any atom is -0.386 e. The van der Waals surface area contributed by atoms with Gasteiger partial charge in [-0.2, -0.15) is 0 Å². The summed E-state index contributed by atoms with van der Waals surface area (Å²) >= 11 is 3.67. The quantitative estimate of drug-likeness (QED) is 0.653. The third-order valence-corrected chi connectivity index (χ3v) is 4.37. The molecule has 0 aliphatic rings. The van der Waals surface area contributed by atoms with Crippen LogP contribution in [0.25, 0.3) is 21.9 Å². The maximum Gasteiger partial charge on any atom is 0.0846 e. The van der Waals surface area contributed by atoms with Crippen molar-refractivity contribution in [2.45, 2.75) is 19.4 Å². The summed E-state index contributed by atoms with van der Waals surface area (Å²) in [5, 5.41) is 12.8. The van der Waals surface area contributed by atoms with Gasteiger partial charge in [-0.1, -0.05) is 64.5 Å². The molecule has 3 rings (SSSR count). The minimum absolute atomic E-state index is 0.873. The van der Waals surface area contributed by atoms with Crippen molar-refractivity contribution in [1.29, 1.82) is 0 Å². The molecular formula is C19H17BrO. The standard InChI is InChI=1S/C19H17BrO/c1-19(2,21)17-10-6-5-9-15(17)16-11-13-7-3-4-8-14(13)12-18(16)20/h3-12,21H,1-2H3. The molecule has 0 spiro atoms. The molecule has 0 bridgehead atoms. The Morgan fingerprint density at radius 1 is 0.810 bits per heavy atom. The molecule has 0 unspecified atom stereocenters. The van der Waals surface area contributed by atoms with Crippen molar-refractivity contribution in [1.82, 2.24) is 0 Å². The van der Waals surface area contributed by atoms with E-state index < -0.39 is 5.60 Å². The number of rotatable bonds is 2. The van der Waals surface area contributed by atoms with Gasteiger partial charge in [0.2, 0.25) is 0 Å². The molecule has 0 heterocycles. The molecular weight excluding hydrogens is 324 g/mol. The first-order valence-corrected chi connectivity index (χ1v) is 7.76. The van der Waals surface area contributed by atoms with E-state index in [0.717, 1.165) is 21.2 Å². The zero-order valence-electron chi connectivity index (χ0n) is 12.1. The van der Waals surface area contributed by atoms with Crippen molar-refractivity contribution in [3.8, 4) is 11.1 Å². The lowest BCUT2D eigenvalue weighted by molar-refractivity contribution is 0.0792. The Bertz CT molecular complexity index is 800. The van der Waals surface area contributed by atoms with Crippen LogP contribution in [0.5, 0.6) is 0 Å². The van der Waals surface area contributed by atoms with Gasteiger partial charge in [-0.05, 0) is 53.4 Å². The van der Waals surface area contributed by atoms with Gasteiger partial charge in [0.15, 0.2) is 0 Å². The Morgan fingerprint density at radius 2 is 1.38 bits per heavy atom. The molecule has 0 saturated carbocycles. The summed E-state index contributed by atoms with van der Waals surface area (Å²) in [7, 11) is 0. The molecule has 3 aromatic rings. The fourth-order valence-electron chi connectivity index (χ4n) is 2.67. The van der Waals surface area contributed by atoms with E-state index in [4.69, 9.17) is 0 Å². The van der Waals surface area contributed by atoms with Gasteiger partial charge in [0.05, 0.1) is 5.60 Å². The smallest absolute Gasteiger partial charge is 0.0846 e. The summed E-state index contributed by atoms with van der Waals surface area (Å²) in [6.45, 7) is 3.64. The highest BCUT2D eigenvalue weighted by molar-refractivity contribution is 9.10. The monoisotopic (exact) mass is 340 g/mol. The molecule has 3 aromatic carbocycles. The van der Waals surface area contributed by atoms with E-state index in [0.29, 0.717) is 0 Å². The van der Waals surface area contributed by atoms with E-state index in [9.17, 15) is 5.11 Å². The van der Waals surface area contributed by atoms with E-state index in [1.54, 1.807) is 0 Å². The van der Waals surface area contributed by atoms with Crippen LogP contribution in [0.15, 0.2) is 65.1 Å². The molecule has 2 heteroatoms. The van der Waals surface area contributed by atoms with Crippen molar-refractivity contribution in [3.05, 3.63) is 70.7 Å². The van der Waals surface area contributed by atoms with Crippen molar-refractivity contribution >= 4 is 26.7 Å². The number of fused-ring (bicyclic) bond motifs is 1. The van der Waals surface area contributed by atoms with Crippen LogP contribution in [0.2, 0.25) is 0 Å². The topological polar surface area (TPSA) is 20.2 Å². The first-order chi connectivity index (χ1) is 9.97. The summed E-state index contributed by atoms with van der Waals surface area (Å²) in [5.74, 6) is 0. The summed E-state index contributed by atoms with van der Waals surface area (Å²) in [5.41, 5.74) is 2.22. The van der Waals surface area contributed by atoms with Crippen LogP contribution in [-0.2, 0) is 5.60 Å². The van der Waals surface area contributed by atoms with Gasteiger partial charge in [-0.25, -0.2) is 0 Å². The number of hydrogen-bond acceptors (Lipinski definition) is 1. The fourth-order valence-corrected chi connectivity index (χ4v) is 3.25. The lowest BCUT2D eigenvalue weighted by atomic mass is 9.89. The second-order valence-electron chi connectivity index (χ2n) is 5.78. The van der Waals surface area contributed by atoms with Crippen molar-refractivity contribution in [2.75, 3.05) is 0 Å². The molecule has 0 aliphatic heterocycles. The van der Waals surface area contributed by atoms with Gasteiger partial charge >= 0.3 is 0 Å². The van der Waals surface area contributed by atoms with Gasteiger partial charge in [0.25, 0.3) is 0 Å². The van der Waals surface area contributed by atoms with Gasteiger partial charge in [-0.3, -0.25) is 0 Å².